The number of halogens is 1. The van der Waals surface area contributed by atoms with Gasteiger partial charge in [0.05, 0.1) is 81.2 Å². The van der Waals surface area contributed by atoms with E-state index in [1.807, 2.05) is 4.90 Å². The lowest BCUT2D eigenvalue weighted by Crippen LogP contribution is -2.62. The van der Waals surface area contributed by atoms with E-state index < -0.39 is 0 Å². The Labute approximate surface area is 732 Å². The van der Waals surface area contributed by atoms with Crippen molar-refractivity contribution >= 4 is 17.5 Å². The van der Waals surface area contributed by atoms with Crippen LogP contribution in [-0.2, 0) is 42.6 Å². The molecule has 8 heterocycles. The number of amides is 1. The number of aliphatic hydroxyl groups excluding tert-OH is 1. The average Bonchev–Trinajstić information content (AvgIpc) is 0.861. The first-order valence-electron chi connectivity index (χ1n) is 49.8. The lowest BCUT2D eigenvalue weighted by molar-refractivity contribution is -0.316. The van der Waals surface area contributed by atoms with E-state index in [1.165, 1.54) is 202 Å². The van der Waals surface area contributed by atoms with Gasteiger partial charge in [-0.05, 0) is 261 Å². The maximum Gasteiger partial charge on any atom is 0.409 e. The molecule has 18 nitrogen and oxygen atoms in total. The number of allylic oxidation sites excluding steroid dienone is 4. The van der Waals surface area contributed by atoms with Crippen LogP contribution in [0.25, 0.3) is 0 Å². The van der Waals surface area contributed by atoms with Crippen molar-refractivity contribution < 1.29 is 61.4 Å². The smallest absolute Gasteiger partial charge is 0.409 e. The van der Waals surface area contributed by atoms with Gasteiger partial charge < -0.3 is 72.7 Å². The number of aliphatic hydroxyl groups is 1. The van der Waals surface area contributed by atoms with Gasteiger partial charge in [-0.15, -0.1) is 0 Å². The Morgan fingerprint density at radius 2 is 0.828 bits per heavy atom. The third-order valence-electron chi connectivity index (χ3n) is 38.1. The molecule has 0 radical (unpaired) electrons. The molecule has 18 fully saturated rings. The van der Waals surface area contributed by atoms with Crippen LogP contribution in [0.15, 0.2) is 84.1 Å². The molecule has 2 aromatic heterocycles. The number of hydrogen-bond donors (Lipinski definition) is 3. The molecule has 19 heteroatoms. The number of nitrogens with one attached hydrogen (secondary N) is 2. The molecule has 3 N–H and O–H groups in total. The van der Waals surface area contributed by atoms with Crippen molar-refractivity contribution in [2.24, 2.45) is 120 Å². The lowest BCUT2D eigenvalue weighted by Gasteiger charge is -2.63. The number of aromatic nitrogens is 2. The predicted octanol–water partition coefficient (Wildman–Crippen LogP) is 21.9. The summed E-state index contributed by atoms with van der Waals surface area (Å²) in [4.78, 5) is 20.2. The fourth-order valence-corrected chi connectivity index (χ4v) is 31.2. The van der Waals surface area contributed by atoms with Crippen LogP contribution in [0.2, 0.25) is 0 Å². The van der Waals surface area contributed by atoms with E-state index in [9.17, 15) is 14.3 Å². The molecule has 18 aliphatic rings. The molecule has 4 unspecified atom stereocenters. The van der Waals surface area contributed by atoms with Crippen LogP contribution >= 0.6 is 0 Å². The number of nitrogens with zero attached hydrogens (tertiary/aromatic N) is 4. The molecule has 1 amide bonds. The van der Waals surface area contributed by atoms with Gasteiger partial charge >= 0.3 is 6.09 Å². The van der Waals surface area contributed by atoms with E-state index in [2.05, 4.69) is 107 Å². The number of fused-ring (bicyclic) bond motifs is 12. The second-order valence-electron chi connectivity index (χ2n) is 45.0. The zero-order valence-corrected chi connectivity index (χ0v) is 76.6. The van der Waals surface area contributed by atoms with Gasteiger partial charge in [0.2, 0.25) is 0 Å². The number of anilines is 2. The first-order valence-corrected chi connectivity index (χ1v) is 49.8. The van der Waals surface area contributed by atoms with Crippen molar-refractivity contribution in [3.63, 3.8) is 0 Å². The standard InChI is InChI=1S/C27H39FN2O2.C26H43NO3.C25H38N2O3.C25H39NO4/c1-18-8-9-23-26(2,20(18)11-15-30-22-12-14-29-16-21(22)28)13-10-24-27(23,3)17-31-25(32-24)19-6-4-5-7-19;1-18-8-9-22-25(2,21(18)11-13-27-14-19(15-27)16-28)12-10-23-26(22,3)17-29-24(30-23)20-6-4-5-7-20;1-17-8-9-21-24(2,20(17)11-13-26-19-14-27-29-15-19)12-10-22-25(21,3)16-28-23(30-22)18-6-4-5-7-18;1-17-8-9-20-24(2,19(17)11-13-26-14-15-28-23(26)27)12-10-21-25(20,3)16-29-22(30-21)18-6-4-5-7-18/h12,14,16,19-20,23-25H,1,4-11,13,15,17H2,2-3H3,(H,29,30);19-24,28H,1,4-17H2,2-3H3;14-15,18,20-23,26H,1,4-13,16H2,2-3H3;18-22H,1,4-16H2,2-3H3/t20-,23?,24-,25-,26+,27+;21-,22?,23-,24-,25+,26+;20-,21?,22-,23-,24+,25+;19-,20?,21-,22-,24+,25+/m1111/s1. The monoisotopic (exact) mass is 1690 g/mol. The number of ether oxygens (including phenoxy) is 9. The van der Waals surface area contributed by atoms with Gasteiger partial charge in [-0.25, -0.2) is 9.18 Å². The summed E-state index contributed by atoms with van der Waals surface area (Å²) in [6.45, 7) is 48.6. The summed E-state index contributed by atoms with van der Waals surface area (Å²) < 4.78 is 76.6. The summed E-state index contributed by atoms with van der Waals surface area (Å²) in [6.07, 6.45) is 51.3. The highest BCUT2D eigenvalue weighted by atomic mass is 19.1. The maximum atomic E-state index is 14.0. The average molecular weight is 1690 g/mol. The van der Waals surface area contributed by atoms with Crippen LogP contribution in [-0.4, -0.2) is 166 Å². The van der Waals surface area contributed by atoms with Crippen molar-refractivity contribution in [2.75, 3.05) is 96.1 Å². The number of carbonyl (C=O) groups is 1. The fraction of sp³-hybridized carbons (Fsp3) is 0.835. The van der Waals surface area contributed by atoms with Crippen molar-refractivity contribution in [1.82, 2.24) is 19.9 Å². The van der Waals surface area contributed by atoms with Crippen LogP contribution < -0.4 is 10.6 Å². The summed E-state index contributed by atoms with van der Waals surface area (Å²) in [5, 5.41) is 19.9. The minimum atomic E-state index is -0.291. The minimum Gasteiger partial charge on any atom is -0.448 e. The van der Waals surface area contributed by atoms with Gasteiger partial charge in [0.1, 0.15) is 12.9 Å². The number of carbonyl (C=O) groups excluding carboxylic acids is 1. The second-order valence-corrected chi connectivity index (χ2v) is 45.0. The first kappa shape index (κ1) is 89.7. The molecule has 680 valence electrons. The summed E-state index contributed by atoms with van der Waals surface area (Å²) in [5.41, 5.74) is 8.52. The molecule has 6 saturated heterocycles. The van der Waals surface area contributed by atoms with Crippen LogP contribution in [0, 0.1) is 126 Å². The first-order chi connectivity index (χ1) is 58.8. The highest BCUT2D eigenvalue weighted by molar-refractivity contribution is 5.69. The highest BCUT2D eigenvalue weighted by Crippen LogP contribution is 2.69. The van der Waals surface area contributed by atoms with Gasteiger partial charge in [0.15, 0.2) is 31.0 Å². The van der Waals surface area contributed by atoms with Gasteiger partial charge in [-0.1, -0.05) is 161 Å². The van der Waals surface area contributed by atoms with Gasteiger partial charge in [0.25, 0.3) is 0 Å². The predicted molar refractivity (Wildman–Crippen MR) is 476 cm³/mol. The Kier molecular flexibility index (Phi) is 27.4. The van der Waals surface area contributed by atoms with Crippen LogP contribution in [0.5, 0.6) is 0 Å². The van der Waals surface area contributed by atoms with E-state index >= 15 is 0 Å². The highest BCUT2D eigenvalue weighted by Gasteiger charge is 2.66. The number of hydrogen-bond acceptors (Lipinski definition) is 17. The fourth-order valence-electron chi connectivity index (χ4n) is 31.2. The number of cyclic esters (lactones) is 1. The number of pyridine rings is 1. The summed E-state index contributed by atoms with van der Waals surface area (Å²) >= 11 is 0. The molecule has 12 aliphatic carbocycles. The van der Waals surface area contributed by atoms with Crippen LogP contribution in [0.4, 0.5) is 20.6 Å². The summed E-state index contributed by atoms with van der Waals surface area (Å²) in [6, 6.07) is 1.71. The van der Waals surface area contributed by atoms with Gasteiger partial charge in [-0.2, -0.15) is 0 Å². The van der Waals surface area contributed by atoms with Gasteiger partial charge in [0, 0.05) is 96.8 Å². The maximum absolute atomic E-state index is 14.0. The molecule has 0 bridgehead atoms. The normalized spacial score (nSPS) is 43.1. The summed E-state index contributed by atoms with van der Waals surface area (Å²) in [5.74, 6) is 7.09. The van der Waals surface area contributed by atoms with Crippen molar-refractivity contribution in [3.8, 4) is 0 Å². The molecule has 6 aliphatic heterocycles. The number of rotatable bonds is 19. The van der Waals surface area contributed by atoms with Crippen molar-refractivity contribution in [3.05, 3.63) is 85.3 Å². The molecule has 0 aromatic carbocycles. The largest absolute Gasteiger partial charge is 0.448 e. The van der Waals surface area contributed by atoms with Crippen LogP contribution in [0.3, 0.4) is 0 Å². The SMILES string of the molecule is C=C1CCC2[C@]3(C)CO[C@@H](C4CCCC4)O[C@@H]3CC[C@@]2(C)[C@@H]1CCN1CC(CO)C1.C=C1CCC2[C@]3(C)CO[C@@H](C4CCCC4)O[C@@H]3CC[C@@]2(C)[C@@H]1CCN1CCOC1=O.C=C1CCC2[C@]3(C)CO[C@@H](C4CCCC4)O[C@@H]3CC[C@@]2(C)[C@@H]1CCNc1ccncc1F.C=C1CCC2[C@]3(C)CO[C@@H](C4CCCC4)O[C@@H]3CC[C@@]2(C)[C@@H]1CCNc1cnoc1. The third-order valence-corrected chi connectivity index (χ3v) is 38.1. The van der Waals surface area contributed by atoms with E-state index in [1.54, 1.807) is 24.7 Å². The van der Waals surface area contributed by atoms with E-state index in [0.717, 1.165) is 136 Å². The number of likely N-dealkylation sites (tertiary alicyclic amines) is 1. The molecule has 12 saturated carbocycles. The zero-order valence-electron chi connectivity index (χ0n) is 76.6. The Bertz CT molecular complexity index is 3890. The molecule has 122 heavy (non-hydrogen) atoms. The quantitative estimate of drug-likeness (QED) is 0.113. The van der Waals surface area contributed by atoms with Crippen molar-refractivity contribution in [1.29, 1.82) is 0 Å². The molecular weight excluding hydrogens is 1530 g/mol. The lowest BCUT2D eigenvalue weighted by atomic mass is 9.46. The van der Waals surface area contributed by atoms with E-state index in [4.69, 9.17) is 47.2 Å². The Balaban J connectivity index is 0.000000116. The van der Waals surface area contributed by atoms with Crippen molar-refractivity contribution in [2.45, 2.75) is 336 Å². The molecule has 24 atom stereocenters. The van der Waals surface area contributed by atoms with Gasteiger partial charge in [-0.3, -0.25) is 4.98 Å². The van der Waals surface area contributed by atoms with E-state index in [-0.39, 0.29) is 75.0 Å². The second kappa shape index (κ2) is 37.3. The van der Waals surface area contributed by atoms with Crippen LogP contribution in [0.1, 0.15) is 287 Å². The zero-order chi connectivity index (χ0) is 85.0. The molecular formula is C103H159FN6O12. The molecule has 20 rings (SSSR count). The summed E-state index contributed by atoms with van der Waals surface area (Å²) in [7, 11) is 0. The Morgan fingerprint density at radius 3 is 1.16 bits per heavy atom. The van der Waals surface area contributed by atoms with E-state index in [0.29, 0.717) is 126 Å². The molecule has 2 aromatic rings. The third kappa shape index (κ3) is 17.4. The molecule has 0 spiro atoms. The topological polar surface area (TPSA) is 190 Å². The Morgan fingerprint density at radius 1 is 0.467 bits per heavy atom. The Hall–Kier alpha value is -4.28. The minimum absolute atomic E-state index is 0.00809.